The van der Waals surface area contributed by atoms with Crippen LogP contribution in [0.15, 0.2) is 29.4 Å². The predicted molar refractivity (Wildman–Crippen MR) is 114 cm³/mol. The van der Waals surface area contributed by atoms with Crippen LogP contribution in [0.3, 0.4) is 0 Å². The van der Waals surface area contributed by atoms with E-state index in [1.54, 1.807) is 4.90 Å². The van der Waals surface area contributed by atoms with Crippen molar-refractivity contribution in [3.8, 4) is 0 Å². The number of piperidine rings is 1. The molecule has 1 heterocycles. The summed E-state index contributed by atoms with van der Waals surface area (Å²) in [7, 11) is 0. The first-order valence-corrected chi connectivity index (χ1v) is 10.2. The Labute approximate surface area is 173 Å². The van der Waals surface area contributed by atoms with Gasteiger partial charge in [-0.15, -0.1) is 0 Å². The molecule has 7 heteroatoms. The van der Waals surface area contributed by atoms with Crippen molar-refractivity contribution in [1.82, 2.24) is 4.90 Å². The molecule has 0 radical (unpaired) electrons. The topological polar surface area (TPSA) is 80.2 Å². The molecule has 0 aromatic heterocycles. The van der Waals surface area contributed by atoms with Crippen LogP contribution < -0.4 is 5.32 Å². The van der Waals surface area contributed by atoms with Gasteiger partial charge in [-0.1, -0.05) is 17.3 Å². The zero-order chi connectivity index (χ0) is 21.4. The van der Waals surface area contributed by atoms with Crippen molar-refractivity contribution in [3.63, 3.8) is 0 Å². The zero-order valence-electron chi connectivity index (χ0n) is 18.2. The van der Waals surface area contributed by atoms with Crippen LogP contribution in [0, 0.1) is 5.92 Å². The summed E-state index contributed by atoms with van der Waals surface area (Å²) < 4.78 is 5.43. The summed E-state index contributed by atoms with van der Waals surface area (Å²) in [5, 5.41) is 6.94. The molecular weight excluding hydrogens is 370 g/mol. The Balaban J connectivity index is 1.70. The van der Waals surface area contributed by atoms with E-state index in [4.69, 9.17) is 9.57 Å². The number of carbonyl (C=O) groups excluding carboxylic acids is 2. The molecule has 2 rings (SSSR count). The molecule has 1 saturated heterocycles. The summed E-state index contributed by atoms with van der Waals surface area (Å²) in [6.45, 7) is 11.0. The van der Waals surface area contributed by atoms with Crippen molar-refractivity contribution in [2.45, 2.75) is 59.5 Å². The summed E-state index contributed by atoms with van der Waals surface area (Å²) in [6, 6.07) is 7.49. The minimum absolute atomic E-state index is 0.0941. The Hall–Kier alpha value is -2.57. The van der Waals surface area contributed by atoms with E-state index in [0.717, 1.165) is 49.3 Å². The molecule has 1 aliphatic rings. The van der Waals surface area contributed by atoms with Gasteiger partial charge in [0, 0.05) is 25.7 Å². The first kappa shape index (κ1) is 22.7. The van der Waals surface area contributed by atoms with Gasteiger partial charge in [0.25, 0.3) is 0 Å². The quantitative estimate of drug-likeness (QED) is 0.433. The maximum atomic E-state index is 12.1. The number of hydrogen-bond donors (Lipinski definition) is 1. The molecule has 1 aromatic rings. The zero-order valence-corrected chi connectivity index (χ0v) is 18.2. The normalized spacial score (nSPS) is 15.8. The summed E-state index contributed by atoms with van der Waals surface area (Å²) in [4.78, 5) is 30.5. The van der Waals surface area contributed by atoms with Gasteiger partial charge < -0.3 is 19.8 Å². The largest absolute Gasteiger partial charge is 0.444 e. The molecule has 29 heavy (non-hydrogen) atoms. The van der Waals surface area contributed by atoms with Crippen molar-refractivity contribution in [2.75, 3.05) is 25.0 Å². The highest BCUT2D eigenvalue weighted by Gasteiger charge is 2.26. The van der Waals surface area contributed by atoms with E-state index in [-0.39, 0.29) is 12.0 Å². The van der Waals surface area contributed by atoms with E-state index >= 15 is 0 Å². The van der Waals surface area contributed by atoms with Crippen LogP contribution in [0.25, 0.3) is 0 Å². The second-order valence-electron chi connectivity index (χ2n) is 8.47. The average molecular weight is 404 g/mol. The highest BCUT2D eigenvalue weighted by Crippen LogP contribution is 2.22. The fourth-order valence-electron chi connectivity index (χ4n) is 3.14. The van der Waals surface area contributed by atoms with Crippen LogP contribution in [0.2, 0.25) is 0 Å². The molecule has 1 aliphatic heterocycles. The van der Waals surface area contributed by atoms with E-state index < -0.39 is 5.60 Å². The second kappa shape index (κ2) is 10.3. The molecule has 1 aromatic carbocycles. The lowest BCUT2D eigenvalue weighted by Gasteiger charge is -2.33. The third-order valence-corrected chi connectivity index (χ3v) is 4.71. The second-order valence-corrected chi connectivity index (χ2v) is 8.47. The summed E-state index contributed by atoms with van der Waals surface area (Å²) in [5.41, 5.74) is 2.04. The Morgan fingerprint density at radius 2 is 1.76 bits per heavy atom. The SMILES string of the molecule is CC(=O)Nc1ccc(/C(C)=N/OCCC2CCN(C(=O)OC(C)(C)C)CC2)cc1. The van der Waals surface area contributed by atoms with E-state index in [1.807, 2.05) is 52.0 Å². The molecule has 0 aliphatic carbocycles. The molecule has 0 unspecified atom stereocenters. The number of hydrogen-bond acceptors (Lipinski definition) is 5. The molecule has 2 amide bonds. The smallest absolute Gasteiger partial charge is 0.410 e. The maximum absolute atomic E-state index is 12.1. The molecule has 0 bridgehead atoms. The maximum Gasteiger partial charge on any atom is 0.410 e. The van der Waals surface area contributed by atoms with Crippen molar-refractivity contribution in [2.24, 2.45) is 11.1 Å². The summed E-state index contributed by atoms with van der Waals surface area (Å²) >= 11 is 0. The number of oxime groups is 1. The van der Waals surface area contributed by atoms with Crippen molar-refractivity contribution < 1.29 is 19.2 Å². The predicted octanol–water partition coefficient (Wildman–Crippen LogP) is 4.42. The Bertz CT molecular complexity index is 715. The first-order chi connectivity index (χ1) is 13.6. The minimum Gasteiger partial charge on any atom is -0.444 e. The van der Waals surface area contributed by atoms with Gasteiger partial charge in [-0.2, -0.15) is 0 Å². The Kier molecular flexibility index (Phi) is 8.05. The number of ether oxygens (including phenoxy) is 1. The van der Waals surface area contributed by atoms with Crippen LogP contribution in [0.5, 0.6) is 0 Å². The van der Waals surface area contributed by atoms with Crippen LogP contribution >= 0.6 is 0 Å². The van der Waals surface area contributed by atoms with Gasteiger partial charge in [0.05, 0.1) is 5.71 Å². The number of amides is 2. The van der Waals surface area contributed by atoms with Gasteiger partial charge in [0.2, 0.25) is 5.91 Å². The third-order valence-electron chi connectivity index (χ3n) is 4.71. The lowest BCUT2D eigenvalue weighted by molar-refractivity contribution is -0.114. The molecular formula is C22H33N3O4. The van der Waals surface area contributed by atoms with Gasteiger partial charge in [0.1, 0.15) is 12.2 Å². The number of benzene rings is 1. The average Bonchev–Trinajstić information content (AvgIpc) is 2.64. The lowest BCUT2D eigenvalue weighted by atomic mass is 9.94. The summed E-state index contributed by atoms with van der Waals surface area (Å²) in [5.74, 6) is 0.435. The molecule has 1 fully saturated rings. The van der Waals surface area contributed by atoms with Crippen molar-refractivity contribution in [1.29, 1.82) is 0 Å². The summed E-state index contributed by atoms with van der Waals surface area (Å²) in [6.07, 6.45) is 2.60. The molecule has 0 spiro atoms. The first-order valence-electron chi connectivity index (χ1n) is 10.2. The van der Waals surface area contributed by atoms with Crippen LogP contribution in [0.1, 0.15) is 59.4 Å². The van der Waals surface area contributed by atoms with Crippen LogP contribution in [0.4, 0.5) is 10.5 Å². The van der Waals surface area contributed by atoms with Gasteiger partial charge in [-0.25, -0.2) is 4.79 Å². The van der Waals surface area contributed by atoms with Crippen LogP contribution in [-0.4, -0.2) is 47.9 Å². The highest BCUT2D eigenvalue weighted by molar-refractivity contribution is 5.99. The molecule has 1 N–H and O–H groups in total. The van der Waals surface area contributed by atoms with E-state index in [0.29, 0.717) is 12.5 Å². The third kappa shape index (κ3) is 8.13. The molecule has 0 atom stereocenters. The standard InChI is InChI=1S/C22H33N3O4/c1-16(19-6-8-20(9-7-19)23-17(2)26)24-28-15-12-18-10-13-25(14-11-18)21(27)29-22(3,4)5/h6-9,18H,10-15H2,1-5H3,(H,23,26)/b24-16+. The highest BCUT2D eigenvalue weighted by atomic mass is 16.6. The molecule has 0 saturated carbocycles. The number of rotatable bonds is 6. The Morgan fingerprint density at radius 1 is 1.14 bits per heavy atom. The molecule has 160 valence electrons. The number of nitrogens with zero attached hydrogens (tertiary/aromatic N) is 2. The van der Waals surface area contributed by atoms with Crippen molar-refractivity contribution >= 4 is 23.4 Å². The fourth-order valence-corrected chi connectivity index (χ4v) is 3.14. The van der Waals surface area contributed by atoms with E-state index in [9.17, 15) is 9.59 Å². The van der Waals surface area contributed by atoms with Gasteiger partial charge in [0.15, 0.2) is 0 Å². The lowest BCUT2D eigenvalue weighted by Crippen LogP contribution is -2.41. The van der Waals surface area contributed by atoms with Gasteiger partial charge in [-0.05, 0) is 70.6 Å². The van der Waals surface area contributed by atoms with Crippen LogP contribution in [-0.2, 0) is 14.4 Å². The molecule has 7 nitrogen and oxygen atoms in total. The fraction of sp³-hybridized carbons (Fsp3) is 0.591. The number of nitrogens with one attached hydrogen (secondary N) is 1. The minimum atomic E-state index is -0.456. The number of carbonyl (C=O) groups is 2. The number of likely N-dealkylation sites (tertiary alicyclic amines) is 1. The van der Waals surface area contributed by atoms with Crippen molar-refractivity contribution in [3.05, 3.63) is 29.8 Å². The van der Waals surface area contributed by atoms with Gasteiger partial charge >= 0.3 is 6.09 Å². The van der Waals surface area contributed by atoms with E-state index in [1.165, 1.54) is 6.92 Å². The Morgan fingerprint density at radius 3 is 2.31 bits per heavy atom. The number of anilines is 1. The van der Waals surface area contributed by atoms with E-state index in [2.05, 4.69) is 10.5 Å². The monoisotopic (exact) mass is 403 g/mol. The van der Waals surface area contributed by atoms with Gasteiger partial charge in [-0.3, -0.25) is 4.79 Å².